The lowest BCUT2D eigenvalue weighted by Gasteiger charge is -2.22. The number of benzene rings is 1. The van der Waals surface area contributed by atoms with E-state index >= 15 is 0 Å². The molecule has 0 aliphatic heterocycles. The molecular formula is C20H19N3O2. The van der Waals surface area contributed by atoms with Crippen LogP contribution in [0.2, 0.25) is 0 Å². The first-order valence-corrected chi connectivity index (χ1v) is 7.97. The highest BCUT2D eigenvalue weighted by atomic mass is 16.5. The average molecular weight is 333 g/mol. The number of hydrogen-bond acceptors (Lipinski definition) is 4. The fourth-order valence-corrected chi connectivity index (χ4v) is 2.85. The second-order valence-electron chi connectivity index (χ2n) is 6.81. The Labute approximate surface area is 146 Å². The van der Waals surface area contributed by atoms with Gasteiger partial charge in [-0.1, -0.05) is 30.3 Å². The van der Waals surface area contributed by atoms with Crippen LogP contribution in [0.3, 0.4) is 0 Å². The molecule has 0 amide bonds. The van der Waals surface area contributed by atoms with Gasteiger partial charge < -0.3 is 9.30 Å². The molecule has 25 heavy (non-hydrogen) atoms. The Balaban J connectivity index is 2.44. The number of fused-ring (bicyclic) bond motifs is 1. The molecule has 0 aliphatic carbocycles. The molecule has 1 aromatic carbocycles. The highest BCUT2D eigenvalue weighted by molar-refractivity contribution is 6.06. The third-order valence-electron chi connectivity index (χ3n) is 4.07. The van der Waals surface area contributed by atoms with Crippen LogP contribution in [0.15, 0.2) is 42.6 Å². The minimum atomic E-state index is -0.479. The molecule has 3 rings (SSSR count). The Kier molecular flexibility index (Phi) is 4.05. The topological polar surface area (TPSA) is 67.9 Å². The molecule has 2 heterocycles. The number of nitriles is 1. The van der Waals surface area contributed by atoms with Gasteiger partial charge in [0.1, 0.15) is 11.7 Å². The van der Waals surface area contributed by atoms with Gasteiger partial charge in [0.15, 0.2) is 0 Å². The van der Waals surface area contributed by atoms with E-state index in [0.29, 0.717) is 27.9 Å². The predicted octanol–water partition coefficient (Wildman–Crippen LogP) is 4.12. The van der Waals surface area contributed by atoms with Crippen LogP contribution in [-0.2, 0) is 10.3 Å². The molecule has 5 heteroatoms. The van der Waals surface area contributed by atoms with E-state index < -0.39 is 5.97 Å². The Bertz CT molecular complexity index is 990. The first kappa shape index (κ1) is 16.7. The van der Waals surface area contributed by atoms with Crippen molar-refractivity contribution in [2.24, 2.45) is 0 Å². The summed E-state index contributed by atoms with van der Waals surface area (Å²) in [4.78, 5) is 17.1. The number of hydrogen-bond donors (Lipinski definition) is 0. The van der Waals surface area contributed by atoms with E-state index in [1.807, 2.05) is 55.7 Å². The average Bonchev–Trinajstić information content (AvgIpc) is 3.00. The van der Waals surface area contributed by atoms with Crippen LogP contribution in [0.1, 0.15) is 36.7 Å². The van der Waals surface area contributed by atoms with Gasteiger partial charge in [-0.25, -0.2) is 9.78 Å². The van der Waals surface area contributed by atoms with Crippen molar-refractivity contribution < 1.29 is 9.53 Å². The lowest BCUT2D eigenvalue weighted by Crippen LogP contribution is -2.21. The number of pyridine rings is 1. The van der Waals surface area contributed by atoms with Crippen LogP contribution in [0.4, 0.5) is 0 Å². The molecule has 3 aromatic rings. The van der Waals surface area contributed by atoms with Crippen molar-refractivity contribution in [3.8, 4) is 17.3 Å². The second-order valence-corrected chi connectivity index (χ2v) is 6.81. The molecule has 126 valence electrons. The molecule has 0 radical (unpaired) electrons. The number of nitrogens with zero attached hydrogens (tertiary/aromatic N) is 3. The first-order valence-electron chi connectivity index (χ1n) is 7.97. The van der Waals surface area contributed by atoms with Crippen molar-refractivity contribution in [1.29, 1.82) is 5.26 Å². The quantitative estimate of drug-likeness (QED) is 0.662. The Morgan fingerprint density at radius 1 is 1.24 bits per heavy atom. The lowest BCUT2D eigenvalue weighted by atomic mass is 10.0. The molecule has 0 N–H and O–H groups in total. The molecule has 0 bridgehead atoms. The zero-order chi connectivity index (χ0) is 18.2. The van der Waals surface area contributed by atoms with Crippen LogP contribution >= 0.6 is 0 Å². The van der Waals surface area contributed by atoms with Gasteiger partial charge in [-0.2, -0.15) is 5.26 Å². The predicted molar refractivity (Wildman–Crippen MR) is 96.2 cm³/mol. The van der Waals surface area contributed by atoms with Crippen molar-refractivity contribution >= 4 is 17.0 Å². The molecule has 2 aromatic heterocycles. The highest BCUT2D eigenvalue weighted by Gasteiger charge is 2.25. The molecule has 0 fully saturated rings. The Morgan fingerprint density at radius 3 is 2.48 bits per heavy atom. The van der Waals surface area contributed by atoms with Gasteiger partial charge in [0, 0.05) is 17.3 Å². The monoisotopic (exact) mass is 333 g/mol. The number of carbonyl (C=O) groups excluding carboxylic acids is 1. The van der Waals surface area contributed by atoms with Crippen LogP contribution in [0.5, 0.6) is 0 Å². The second kappa shape index (κ2) is 6.06. The normalized spacial score (nSPS) is 11.3. The van der Waals surface area contributed by atoms with E-state index in [1.54, 1.807) is 12.3 Å². The zero-order valence-electron chi connectivity index (χ0n) is 14.7. The van der Waals surface area contributed by atoms with E-state index in [2.05, 4.69) is 6.07 Å². The molecular weight excluding hydrogens is 314 g/mol. The van der Waals surface area contributed by atoms with E-state index in [9.17, 15) is 10.1 Å². The maximum Gasteiger partial charge on any atom is 0.338 e. The van der Waals surface area contributed by atoms with Crippen molar-refractivity contribution in [2.75, 3.05) is 7.11 Å². The highest BCUT2D eigenvalue weighted by Crippen LogP contribution is 2.32. The van der Waals surface area contributed by atoms with E-state index in [0.717, 1.165) is 5.56 Å². The van der Waals surface area contributed by atoms with Gasteiger partial charge in [0.2, 0.25) is 0 Å². The summed E-state index contributed by atoms with van der Waals surface area (Å²) >= 11 is 0. The minimum Gasteiger partial charge on any atom is -0.465 e. The summed E-state index contributed by atoms with van der Waals surface area (Å²) in [6.45, 7) is 6.09. The van der Waals surface area contributed by atoms with E-state index in [-0.39, 0.29) is 5.54 Å². The maximum atomic E-state index is 12.4. The summed E-state index contributed by atoms with van der Waals surface area (Å²) in [5.74, 6) is -0.479. The summed E-state index contributed by atoms with van der Waals surface area (Å²) in [5, 5.41) is 10.1. The third kappa shape index (κ3) is 2.87. The lowest BCUT2D eigenvalue weighted by molar-refractivity contribution is 0.0603. The molecule has 0 aliphatic rings. The van der Waals surface area contributed by atoms with Crippen LogP contribution < -0.4 is 0 Å². The summed E-state index contributed by atoms with van der Waals surface area (Å²) in [5.41, 5.74) is 2.65. The summed E-state index contributed by atoms with van der Waals surface area (Å²) in [6.07, 6.45) is 1.75. The van der Waals surface area contributed by atoms with Crippen molar-refractivity contribution in [2.45, 2.75) is 26.3 Å². The van der Waals surface area contributed by atoms with Gasteiger partial charge >= 0.3 is 5.97 Å². The Morgan fingerprint density at radius 2 is 1.92 bits per heavy atom. The summed E-state index contributed by atoms with van der Waals surface area (Å²) in [7, 11) is 1.34. The van der Waals surface area contributed by atoms with Crippen molar-refractivity contribution in [3.63, 3.8) is 0 Å². The molecule has 5 nitrogen and oxygen atoms in total. The first-order chi connectivity index (χ1) is 11.9. The number of ether oxygens (including phenoxy) is 1. The van der Waals surface area contributed by atoms with Crippen LogP contribution in [0.25, 0.3) is 22.3 Å². The molecule has 0 atom stereocenters. The number of methoxy groups -OCH3 is 1. The van der Waals surface area contributed by atoms with Crippen LogP contribution in [0, 0.1) is 11.3 Å². The van der Waals surface area contributed by atoms with Gasteiger partial charge in [-0.15, -0.1) is 0 Å². The number of carbonyl (C=O) groups is 1. The smallest absolute Gasteiger partial charge is 0.338 e. The summed E-state index contributed by atoms with van der Waals surface area (Å²) in [6, 6.07) is 13.5. The van der Waals surface area contributed by atoms with Gasteiger partial charge in [0.05, 0.1) is 29.3 Å². The van der Waals surface area contributed by atoms with Crippen molar-refractivity contribution in [1.82, 2.24) is 9.55 Å². The van der Waals surface area contributed by atoms with Gasteiger partial charge in [-0.3, -0.25) is 0 Å². The zero-order valence-corrected chi connectivity index (χ0v) is 14.7. The number of esters is 1. The third-order valence-corrected chi connectivity index (χ3v) is 4.07. The molecule has 0 saturated heterocycles. The fourth-order valence-electron chi connectivity index (χ4n) is 2.85. The summed E-state index contributed by atoms with van der Waals surface area (Å²) < 4.78 is 6.87. The molecule has 0 spiro atoms. The Hall–Kier alpha value is -3.13. The van der Waals surface area contributed by atoms with Crippen LogP contribution in [-0.4, -0.2) is 22.6 Å². The maximum absolute atomic E-state index is 12.4. The molecule has 0 unspecified atom stereocenters. The van der Waals surface area contributed by atoms with Gasteiger partial charge in [-0.05, 0) is 26.8 Å². The molecule has 0 saturated carbocycles. The van der Waals surface area contributed by atoms with Crippen molar-refractivity contribution in [3.05, 3.63) is 53.7 Å². The van der Waals surface area contributed by atoms with Gasteiger partial charge in [0.25, 0.3) is 0 Å². The minimum absolute atomic E-state index is 0.289. The number of rotatable bonds is 2. The number of aromatic nitrogens is 2. The van der Waals surface area contributed by atoms with E-state index in [4.69, 9.17) is 9.72 Å². The van der Waals surface area contributed by atoms with E-state index in [1.165, 1.54) is 7.11 Å². The largest absolute Gasteiger partial charge is 0.465 e. The standard InChI is InChI=1S/C20H19N3O2/c1-20(2,3)23-12-14(11-21)17-15(19(24)25-4)10-16(22-18(17)23)13-8-6-5-7-9-13/h5-10,12H,1-4H3. The SMILES string of the molecule is COC(=O)c1cc(-c2ccccc2)nc2c1c(C#N)cn2C(C)(C)C. The fraction of sp³-hybridized carbons (Fsp3) is 0.250.